The smallest absolute Gasteiger partial charge is 0.319 e. The summed E-state index contributed by atoms with van der Waals surface area (Å²) in [5, 5.41) is 45.3. The van der Waals surface area contributed by atoms with E-state index in [9.17, 15) is 20.1 Å². The van der Waals surface area contributed by atoms with Crippen molar-refractivity contribution < 1.29 is 34.8 Å². The molecular weight excluding hydrogens is 514 g/mol. The molecule has 0 heterocycles. The van der Waals surface area contributed by atoms with Gasteiger partial charge in [0.2, 0.25) is 0 Å². The predicted molar refractivity (Wildman–Crippen MR) is 157 cm³/mol. The number of carbonyl (C=O) groups excluding carboxylic acids is 1. The lowest BCUT2D eigenvalue weighted by Gasteiger charge is -2.14. The maximum absolute atomic E-state index is 11.5. The van der Waals surface area contributed by atoms with Crippen LogP contribution in [0.4, 0.5) is 10.5 Å². The number of aliphatic hydroxyl groups is 2. The second-order valence-corrected chi connectivity index (χ2v) is 9.45. The summed E-state index contributed by atoms with van der Waals surface area (Å²) in [5.74, 6) is -0.791. The van der Waals surface area contributed by atoms with Crippen molar-refractivity contribution in [2.75, 3.05) is 38.2 Å². The fourth-order valence-electron chi connectivity index (χ4n) is 3.83. The van der Waals surface area contributed by atoms with Gasteiger partial charge in [0.1, 0.15) is 5.75 Å². The molecule has 2 aromatic rings. The number of aliphatic carboxylic acids is 1. The summed E-state index contributed by atoms with van der Waals surface area (Å²) < 4.78 is 5.75. The molecule has 2 rings (SSSR count). The highest BCUT2D eigenvalue weighted by molar-refractivity contribution is 5.89. The minimum absolute atomic E-state index is 0.0423. The third-order valence-electron chi connectivity index (χ3n) is 5.94. The van der Waals surface area contributed by atoms with Gasteiger partial charge in [-0.1, -0.05) is 31.0 Å². The van der Waals surface area contributed by atoms with Gasteiger partial charge in [0.15, 0.2) is 0 Å². The number of unbranched alkanes of at least 4 members (excludes halogenated alkanes) is 4. The van der Waals surface area contributed by atoms with Crippen LogP contribution in [0, 0.1) is 0 Å². The maximum atomic E-state index is 11.5. The van der Waals surface area contributed by atoms with Crippen molar-refractivity contribution in [3.8, 4) is 5.75 Å². The first kappa shape index (κ1) is 34.8. The topological polar surface area (TPSA) is 160 Å². The van der Waals surface area contributed by atoms with E-state index in [1.807, 2.05) is 19.1 Å². The van der Waals surface area contributed by atoms with E-state index in [1.165, 1.54) is 11.6 Å². The highest BCUT2D eigenvalue weighted by atomic mass is 16.5. The Morgan fingerprint density at radius 2 is 1.60 bits per heavy atom. The molecule has 1 atom stereocenters. The van der Waals surface area contributed by atoms with Crippen LogP contribution in [0.3, 0.4) is 0 Å². The third kappa shape index (κ3) is 16.7. The van der Waals surface area contributed by atoms with Gasteiger partial charge in [-0.2, -0.15) is 0 Å². The molecule has 2 aromatic carbocycles. The van der Waals surface area contributed by atoms with Crippen LogP contribution in [-0.4, -0.2) is 65.3 Å². The van der Waals surface area contributed by atoms with Gasteiger partial charge in [-0.05, 0) is 81.0 Å². The lowest BCUT2D eigenvalue weighted by molar-refractivity contribution is -0.134. The summed E-state index contributed by atoms with van der Waals surface area (Å²) in [6.07, 6.45) is 6.78. The van der Waals surface area contributed by atoms with E-state index in [2.05, 4.69) is 28.1 Å². The summed E-state index contributed by atoms with van der Waals surface area (Å²) in [6, 6.07) is 12.6. The van der Waals surface area contributed by atoms with Crippen molar-refractivity contribution in [3.63, 3.8) is 0 Å². The molecule has 0 fully saturated rings. The van der Waals surface area contributed by atoms with Crippen LogP contribution in [0.15, 0.2) is 42.5 Å². The Labute approximate surface area is 237 Å². The number of hydrogen-bond donors (Lipinski definition) is 7. The zero-order valence-electron chi connectivity index (χ0n) is 23.8. The molecule has 7 N–H and O–H groups in total. The first-order chi connectivity index (χ1) is 19.3. The van der Waals surface area contributed by atoms with Gasteiger partial charge in [0.05, 0.1) is 12.7 Å². The highest BCUT2D eigenvalue weighted by Gasteiger charge is 2.10. The Morgan fingerprint density at radius 3 is 2.25 bits per heavy atom. The van der Waals surface area contributed by atoms with Crippen molar-refractivity contribution in [2.45, 2.75) is 71.5 Å². The molecule has 0 aliphatic carbocycles. The quantitative estimate of drug-likeness (QED) is 0.132. The number of amides is 2. The number of carbonyl (C=O) groups is 2. The summed E-state index contributed by atoms with van der Waals surface area (Å²) >= 11 is 0. The fourth-order valence-corrected chi connectivity index (χ4v) is 3.83. The van der Waals surface area contributed by atoms with E-state index in [0.717, 1.165) is 77.3 Å². The Balaban J connectivity index is 0.00000187. The van der Waals surface area contributed by atoms with Crippen LogP contribution in [-0.2, 0) is 22.6 Å². The summed E-state index contributed by atoms with van der Waals surface area (Å²) in [4.78, 5) is 20.5. The van der Waals surface area contributed by atoms with E-state index >= 15 is 0 Å². The predicted octanol–water partition coefficient (Wildman–Crippen LogP) is 4.34. The molecule has 0 saturated carbocycles. The number of anilines is 1. The maximum Gasteiger partial charge on any atom is 0.319 e. The van der Waals surface area contributed by atoms with Crippen LogP contribution in [0.5, 0.6) is 5.75 Å². The molecule has 0 spiro atoms. The van der Waals surface area contributed by atoms with Crippen molar-refractivity contribution >= 4 is 17.7 Å². The number of urea groups is 1. The van der Waals surface area contributed by atoms with Gasteiger partial charge in [-0.3, -0.25) is 4.79 Å². The second kappa shape index (κ2) is 21.6. The monoisotopic (exact) mass is 561 g/mol. The van der Waals surface area contributed by atoms with Crippen LogP contribution < -0.4 is 16.0 Å². The van der Waals surface area contributed by atoms with E-state index in [-0.39, 0.29) is 18.4 Å². The van der Waals surface area contributed by atoms with Gasteiger partial charge < -0.3 is 41.1 Å². The van der Waals surface area contributed by atoms with Crippen molar-refractivity contribution in [1.82, 2.24) is 10.6 Å². The fraction of sp³-hybridized carbons (Fsp3) is 0.533. The number of nitrogens with one attached hydrogen (secondary N) is 3. The van der Waals surface area contributed by atoms with Crippen molar-refractivity contribution in [2.24, 2.45) is 0 Å². The molecule has 2 amide bonds. The number of ether oxygens (including phenoxy) is 1. The number of aryl methyl sites for hydroxylation is 1. The lowest BCUT2D eigenvalue weighted by atomic mass is 10.1. The molecule has 0 saturated heterocycles. The molecule has 10 nitrogen and oxygen atoms in total. The summed E-state index contributed by atoms with van der Waals surface area (Å²) in [5.41, 5.74) is 3.17. The minimum Gasteiger partial charge on any atom is -0.508 e. The van der Waals surface area contributed by atoms with Gasteiger partial charge >= 0.3 is 6.03 Å². The van der Waals surface area contributed by atoms with Crippen molar-refractivity contribution in [1.29, 1.82) is 0 Å². The standard InChI is InChI=1S/C28H43N3O5.C2H4O2/c1-2-30-28(35)31-25-13-10-22(11-14-25)9-5-8-18-36-17-7-4-3-6-16-29-20-27(34)23-12-15-26(33)24(19-23)21-32;1-2(3)4/h10-15,19,27,29,32-34H,2-9,16-18,20-21H2,1H3,(H2,30,31,35);1H3,(H,3,4)/t27-;/m0./s1. The summed E-state index contributed by atoms with van der Waals surface area (Å²) in [7, 11) is 0. The number of carboxylic acids is 1. The average molecular weight is 562 g/mol. The number of benzene rings is 2. The Bertz CT molecular complexity index is 966. The average Bonchev–Trinajstić information content (AvgIpc) is 2.92. The zero-order chi connectivity index (χ0) is 29.6. The van der Waals surface area contributed by atoms with Gasteiger partial charge in [-0.25, -0.2) is 4.79 Å². The van der Waals surface area contributed by atoms with E-state index in [1.54, 1.807) is 12.1 Å². The number of aromatic hydroxyl groups is 1. The normalized spacial score (nSPS) is 11.3. The number of phenols is 1. The van der Waals surface area contributed by atoms with Crippen LogP contribution in [0.25, 0.3) is 0 Å². The van der Waals surface area contributed by atoms with Crippen LogP contribution in [0.1, 0.15) is 75.2 Å². The van der Waals surface area contributed by atoms with Crippen LogP contribution in [0.2, 0.25) is 0 Å². The lowest BCUT2D eigenvalue weighted by Crippen LogP contribution is -2.28. The van der Waals surface area contributed by atoms with Crippen LogP contribution >= 0.6 is 0 Å². The molecule has 10 heteroatoms. The highest BCUT2D eigenvalue weighted by Crippen LogP contribution is 2.22. The molecule has 0 aromatic heterocycles. The molecule has 0 aliphatic rings. The molecule has 224 valence electrons. The Kier molecular flexibility index (Phi) is 18.8. The largest absolute Gasteiger partial charge is 0.508 e. The molecule has 40 heavy (non-hydrogen) atoms. The molecule has 0 bridgehead atoms. The number of carboxylic acid groups (broad SMARTS) is 1. The molecule has 0 aliphatic heterocycles. The first-order valence-electron chi connectivity index (χ1n) is 14.0. The zero-order valence-corrected chi connectivity index (χ0v) is 23.8. The summed E-state index contributed by atoms with van der Waals surface area (Å²) in [6.45, 7) is 6.18. The van der Waals surface area contributed by atoms with E-state index in [0.29, 0.717) is 24.2 Å². The van der Waals surface area contributed by atoms with Gasteiger partial charge in [0.25, 0.3) is 5.97 Å². The number of aliphatic hydroxyl groups excluding tert-OH is 2. The molecular formula is C30H47N3O7. The first-order valence-corrected chi connectivity index (χ1v) is 14.0. The molecule has 0 unspecified atom stereocenters. The van der Waals surface area contributed by atoms with E-state index < -0.39 is 12.1 Å². The van der Waals surface area contributed by atoms with Gasteiger partial charge in [0, 0.05) is 44.5 Å². The van der Waals surface area contributed by atoms with E-state index in [4.69, 9.17) is 14.6 Å². The van der Waals surface area contributed by atoms with Gasteiger partial charge in [-0.15, -0.1) is 0 Å². The second-order valence-electron chi connectivity index (χ2n) is 9.45. The minimum atomic E-state index is -0.833. The number of hydrogen-bond acceptors (Lipinski definition) is 7. The number of rotatable bonds is 18. The molecule has 0 radical (unpaired) electrons. The Hall–Kier alpha value is -3.18. The third-order valence-corrected chi connectivity index (χ3v) is 5.94. The SMILES string of the molecule is CC(=O)O.CCNC(=O)Nc1ccc(CCCCOCCCCCCNC[C@H](O)c2ccc(O)c(CO)c2)cc1. The van der Waals surface area contributed by atoms with Crippen molar-refractivity contribution in [3.05, 3.63) is 59.2 Å². The Morgan fingerprint density at radius 1 is 0.950 bits per heavy atom.